The van der Waals surface area contributed by atoms with E-state index < -0.39 is 23.4 Å². The van der Waals surface area contributed by atoms with Crippen LogP contribution in [0.15, 0.2) is 23.0 Å². The van der Waals surface area contributed by atoms with Crippen LogP contribution >= 0.6 is 34.2 Å². The number of aromatic nitrogens is 2. The van der Waals surface area contributed by atoms with E-state index in [4.69, 9.17) is 21.4 Å². The Bertz CT molecular complexity index is 862. The molecular weight excluding hydrogens is 482 g/mol. The number of anilines is 2. The van der Waals surface area contributed by atoms with Crippen molar-refractivity contribution in [2.45, 2.75) is 13.0 Å². The maximum absolute atomic E-state index is 14.1. The highest BCUT2D eigenvalue weighted by Gasteiger charge is 2.20. The number of ether oxygens (including phenoxy) is 1. The first-order chi connectivity index (χ1) is 12.3. The molecule has 1 atom stereocenters. The maximum Gasteiger partial charge on any atom is 0.285 e. The summed E-state index contributed by atoms with van der Waals surface area (Å²) < 4.78 is 19.8. The van der Waals surface area contributed by atoms with E-state index in [1.165, 1.54) is 19.1 Å². The Morgan fingerprint density at radius 2 is 2.27 bits per heavy atom. The molecule has 0 fully saturated rings. The number of halogens is 3. The van der Waals surface area contributed by atoms with Crippen LogP contribution in [0.3, 0.4) is 0 Å². The predicted molar refractivity (Wildman–Crippen MR) is 102 cm³/mol. The van der Waals surface area contributed by atoms with Crippen molar-refractivity contribution in [3.63, 3.8) is 0 Å². The van der Waals surface area contributed by atoms with Gasteiger partial charge in [0, 0.05) is 3.57 Å². The molecular formula is C15H15ClFIN4O4. The lowest BCUT2D eigenvalue weighted by molar-refractivity contribution is 0.0355. The fourth-order valence-corrected chi connectivity index (χ4v) is 2.50. The van der Waals surface area contributed by atoms with Gasteiger partial charge in [0.15, 0.2) is 5.69 Å². The van der Waals surface area contributed by atoms with E-state index in [2.05, 4.69) is 20.8 Å². The molecule has 11 heteroatoms. The third kappa shape index (κ3) is 5.37. The third-order valence-electron chi connectivity index (χ3n) is 3.02. The van der Waals surface area contributed by atoms with E-state index in [1.807, 2.05) is 22.6 Å². The summed E-state index contributed by atoms with van der Waals surface area (Å²) in [4.78, 5) is 24.0. The van der Waals surface area contributed by atoms with Gasteiger partial charge in [-0.15, -0.1) is 0 Å². The smallest absolute Gasteiger partial charge is 0.285 e. The number of H-pyrrole nitrogens is 1. The highest BCUT2D eigenvalue weighted by molar-refractivity contribution is 14.1. The van der Waals surface area contributed by atoms with Gasteiger partial charge in [0.2, 0.25) is 0 Å². The molecule has 26 heavy (non-hydrogen) atoms. The molecule has 2 rings (SSSR count). The van der Waals surface area contributed by atoms with Crippen LogP contribution in [0.25, 0.3) is 0 Å². The Balaban J connectivity index is 2.26. The van der Waals surface area contributed by atoms with Crippen LogP contribution < -0.4 is 16.2 Å². The molecule has 8 nitrogen and oxygen atoms in total. The monoisotopic (exact) mass is 496 g/mol. The van der Waals surface area contributed by atoms with Crippen molar-refractivity contribution in [1.82, 2.24) is 15.5 Å². The zero-order valence-electron chi connectivity index (χ0n) is 13.5. The minimum absolute atomic E-state index is 0.0268. The Morgan fingerprint density at radius 1 is 1.54 bits per heavy atom. The van der Waals surface area contributed by atoms with Gasteiger partial charge in [-0.05, 0) is 47.7 Å². The third-order valence-corrected chi connectivity index (χ3v) is 4.06. The minimum Gasteiger partial charge on any atom is -0.391 e. The lowest BCUT2D eigenvalue weighted by Crippen LogP contribution is -2.30. The minimum atomic E-state index is -0.734. The number of aliphatic hydroxyl groups excluding tert-OH is 1. The lowest BCUT2D eigenvalue weighted by Gasteiger charge is -2.13. The number of aliphatic hydroxyl groups is 1. The second-order valence-electron chi connectivity index (χ2n) is 5.21. The summed E-state index contributed by atoms with van der Waals surface area (Å²) in [6.07, 6.45) is -0.686. The van der Waals surface area contributed by atoms with Gasteiger partial charge in [-0.1, -0.05) is 11.6 Å². The number of nitrogens with zero attached hydrogens (tertiary/aromatic N) is 1. The topological polar surface area (TPSA) is 116 Å². The van der Waals surface area contributed by atoms with Crippen LogP contribution in [0, 0.1) is 9.39 Å². The molecule has 1 heterocycles. The molecule has 0 bridgehead atoms. The van der Waals surface area contributed by atoms with Crippen molar-refractivity contribution in [3.05, 3.63) is 48.7 Å². The van der Waals surface area contributed by atoms with E-state index in [1.54, 1.807) is 6.07 Å². The molecule has 1 amide bonds. The molecule has 0 saturated carbocycles. The van der Waals surface area contributed by atoms with Crippen LogP contribution in [-0.4, -0.2) is 40.7 Å². The summed E-state index contributed by atoms with van der Waals surface area (Å²) in [6.45, 7) is 1.36. The number of aromatic amines is 1. The van der Waals surface area contributed by atoms with Gasteiger partial charge in [-0.25, -0.2) is 9.49 Å². The molecule has 1 unspecified atom stereocenters. The first-order valence-corrected chi connectivity index (χ1v) is 8.79. The molecule has 0 saturated heterocycles. The van der Waals surface area contributed by atoms with E-state index >= 15 is 0 Å². The van der Waals surface area contributed by atoms with Gasteiger partial charge in [-0.2, -0.15) is 5.10 Å². The van der Waals surface area contributed by atoms with E-state index in [9.17, 15) is 14.0 Å². The zero-order valence-corrected chi connectivity index (χ0v) is 16.4. The molecule has 1 aromatic carbocycles. The van der Waals surface area contributed by atoms with Gasteiger partial charge >= 0.3 is 0 Å². The summed E-state index contributed by atoms with van der Waals surface area (Å²) in [5.74, 6) is -1.29. The molecule has 2 aromatic rings. The molecule has 140 valence electrons. The van der Waals surface area contributed by atoms with Crippen molar-refractivity contribution < 1.29 is 19.0 Å². The second kappa shape index (κ2) is 9.26. The predicted octanol–water partition coefficient (Wildman–Crippen LogP) is 2.00. The maximum atomic E-state index is 14.1. The second-order valence-corrected chi connectivity index (χ2v) is 6.83. The van der Waals surface area contributed by atoms with E-state index in [-0.39, 0.29) is 35.4 Å². The van der Waals surface area contributed by atoms with Crippen LogP contribution in [-0.2, 0) is 4.74 Å². The number of amides is 1. The Labute approximate surface area is 166 Å². The fourth-order valence-electron chi connectivity index (χ4n) is 1.86. The number of hydrogen-bond acceptors (Lipinski definition) is 6. The molecule has 1 aromatic heterocycles. The Hall–Kier alpha value is -1.76. The molecule has 0 aliphatic heterocycles. The van der Waals surface area contributed by atoms with E-state index in [0.29, 0.717) is 3.57 Å². The highest BCUT2D eigenvalue weighted by atomic mass is 127. The molecule has 0 aliphatic rings. The number of nitrogens with one attached hydrogen (secondary N) is 3. The fraction of sp³-hybridized carbons (Fsp3) is 0.267. The van der Waals surface area contributed by atoms with Crippen molar-refractivity contribution in [2.24, 2.45) is 0 Å². The highest BCUT2D eigenvalue weighted by Crippen LogP contribution is 2.27. The van der Waals surface area contributed by atoms with Crippen LogP contribution in [0.2, 0.25) is 5.02 Å². The van der Waals surface area contributed by atoms with Crippen LogP contribution in [0.1, 0.15) is 17.4 Å². The molecule has 0 spiro atoms. The standard InChI is InChI=1S/C15H15ClFIN4O4/c1-7(23)5-26-6-19-15(25)13-12(11(16)14(24)22-21-13)20-10-3-2-8(18)4-9(10)17/h2-4,7,23H,5-6H2,1H3,(H,19,25)(H2,20,22,24). The average Bonchev–Trinajstić information content (AvgIpc) is 2.57. The first kappa shape index (κ1) is 20.6. The molecule has 0 radical (unpaired) electrons. The van der Waals surface area contributed by atoms with Gasteiger partial charge in [-0.3, -0.25) is 9.59 Å². The molecule has 0 aliphatic carbocycles. The number of rotatable bonds is 7. The number of carbonyl (C=O) groups is 1. The van der Waals surface area contributed by atoms with E-state index in [0.717, 1.165) is 0 Å². The van der Waals surface area contributed by atoms with Crippen LogP contribution in [0.5, 0.6) is 0 Å². The summed E-state index contributed by atoms with van der Waals surface area (Å²) in [5.41, 5.74) is -1.09. The Morgan fingerprint density at radius 3 is 2.92 bits per heavy atom. The normalized spacial score (nSPS) is 11.9. The van der Waals surface area contributed by atoms with Gasteiger partial charge in [0.05, 0.1) is 24.1 Å². The van der Waals surface area contributed by atoms with Crippen LogP contribution in [0.4, 0.5) is 15.8 Å². The van der Waals surface area contributed by atoms with Gasteiger partial charge in [0.25, 0.3) is 11.5 Å². The summed E-state index contributed by atoms with van der Waals surface area (Å²) in [6, 6.07) is 4.37. The number of benzene rings is 1. The number of hydrogen-bond donors (Lipinski definition) is 4. The van der Waals surface area contributed by atoms with Crippen molar-refractivity contribution in [2.75, 3.05) is 18.7 Å². The molecule has 4 N–H and O–H groups in total. The van der Waals surface area contributed by atoms with Gasteiger partial charge in [0.1, 0.15) is 17.6 Å². The summed E-state index contributed by atoms with van der Waals surface area (Å²) in [5, 5.41) is 19.6. The van der Waals surface area contributed by atoms with Crippen molar-refractivity contribution in [1.29, 1.82) is 0 Å². The Kier molecular flexibility index (Phi) is 7.32. The summed E-state index contributed by atoms with van der Waals surface area (Å²) in [7, 11) is 0. The first-order valence-electron chi connectivity index (χ1n) is 7.34. The van der Waals surface area contributed by atoms with Crippen molar-refractivity contribution >= 4 is 51.5 Å². The largest absolute Gasteiger partial charge is 0.391 e. The quantitative estimate of drug-likeness (QED) is 0.265. The lowest BCUT2D eigenvalue weighted by atomic mass is 10.2. The number of carbonyl (C=O) groups excluding carboxylic acids is 1. The average molecular weight is 497 g/mol. The summed E-state index contributed by atoms with van der Waals surface area (Å²) >= 11 is 7.91. The SMILES string of the molecule is CC(O)COCNC(=O)c1n[nH]c(=O)c(Cl)c1Nc1ccc(I)cc1F. The zero-order chi connectivity index (χ0) is 19.3. The van der Waals surface area contributed by atoms with Gasteiger partial charge < -0.3 is 20.5 Å². The van der Waals surface area contributed by atoms with Crippen molar-refractivity contribution in [3.8, 4) is 0 Å².